The fourth-order valence-corrected chi connectivity index (χ4v) is 5.55. The van der Waals surface area contributed by atoms with Gasteiger partial charge in [-0.2, -0.15) is 11.8 Å². The van der Waals surface area contributed by atoms with Crippen LogP contribution >= 0.6 is 11.8 Å². The summed E-state index contributed by atoms with van der Waals surface area (Å²) < 4.78 is 0. The first-order valence-corrected chi connectivity index (χ1v) is 9.46. The molecule has 0 radical (unpaired) electrons. The van der Waals surface area contributed by atoms with Crippen LogP contribution in [0.3, 0.4) is 0 Å². The normalized spacial score (nSPS) is 35.8. The van der Waals surface area contributed by atoms with Gasteiger partial charge in [0.1, 0.15) is 0 Å². The summed E-state index contributed by atoms with van der Waals surface area (Å²) >= 11 is 2.12. The molecule has 2 nitrogen and oxygen atoms in total. The minimum atomic E-state index is -0.0127. The highest BCUT2D eigenvalue weighted by atomic mass is 32.2. The van der Waals surface area contributed by atoms with Crippen molar-refractivity contribution in [2.75, 3.05) is 31.1 Å². The standard InChI is InChI=1S/C16H29NOS/c18-16-5-8-17(11-13-6-9-19-10-7-13)12-15(16)14-3-1-2-4-14/h13-16,18H,1-12H2/t15-,16+/m0/s1. The zero-order valence-electron chi connectivity index (χ0n) is 12.1. The molecule has 2 saturated heterocycles. The van der Waals surface area contributed by atoms with E-state index >= 15 is 0 Å². The number of rotatable bonds is 3. The lowest BCUT2D eigenvalue weighted by Gasteiger charge is -2.41. The van der Waals surface area contributed by atoms with Crippen LogP contribution in [-0.2, 0) is 0 Å². The zero-order valence-corrected chi connectivity index (χ0v) is 12.9. The van der Waals surface area contributed by atoms with E-state index in [1.54, 1.807) is 0 Å². The van der Waals surface area contributed by atoms with Crippen molar-refractivity contribution in [3.63, 3.8) is 0 Å². The maximum absolute atomic E-state index is 10.3. The molecule has 1 saturated carbocycles. The molecule has 110 valence electrons. The molecule has 3 rings (SSSR count). The molecule has 2 heterocycles. The maximum Gasteiger partial charge on any atom is 0.0595 e. The van der Waals surface area contributed by atoms with E-state index in [1.165, 1.54) is 63.1 Å². The molecule has 0 amide bonds. The summed E-state index contributed by atoms with van der Waals surface area (Å²) in [7, 11) is 0. The number of aliphatic hydroxyl groups is 1. The Kier molecular flexibility index (Phi) is 5.10. The second kappa shape index (κ2) is 6.82. The van der Waals surface area contributed by atoms with Crippen LogP contribution in [0.2, 0.25) is 0 Å². The minimum Gasteiger partial charge on any atom is -0.393 e. The molecule has 3 fully saturated rings. The monoisotopic (exact) mass is 283 g/mol. The van der Waals surface area contributed by atoms with Crippen LogP contribution in [0.1, 0.15) is 44.9 Å². The minimum absolute atomic E-state index is 0.0127. The van der Waals surface area contributed by atoms with E-state index in [9.17, 15) is 5.11 Å². The molecular weight excluding hydrogens is 254 g/mol. The van der Waals surface area contributed by atoms with E-state index in [2.05, 4.69) is 16.7 Å². The van der Waals surface area contributed by atoms with Crippen LogP contribution in [-0.4, -0.2) is 47.3 Å². The molecule has 0 bridgehead atoms. The number of hydrogen-bond donors (Lipinski definition) is 1. The van der Waals surface area contributed by atoms with Crippen LogP contribution in [0.25, 0.3) is 0 Å². The maximum atomic E-state index is 10.3. The predicted octanol–water partition coefficient (Wildman–Crippen LogP) is 3.00. The van der Waals surface area contributed by atoms with Crippen molar-refractivity contribution in [3.05, 3.63) is 0 Å². The van der Waals surface area contributed by atoms with E-state index in [4.69, 9.17) is 0 Å². The van der Waals surface area contributed by atoms with Gasteiger partial charge in [-0.1, -0.05) is 25.7 Å². The van der Waals surface area contributed by atoms with Gasteiger partial charge in [-0.3, -0.25) is 0 Å². The van der Waals surface area contributed by atoms with Crippen molar-refractivity contribution in [2.24, 2.45) is 17.8 Å². The molecule has 0 aromatic carbocycles. The number of nitrogens with zero attached hydrogens (tertiary/aromatic N) is 1. The SMILES string of the molecule is O[C@@H]1CCN(CC2CCSCC2)C[C@H]1C1CCCC1. The number of thioether (sulfide) groups is 1. The van der Waals surface area contributed by atoms with Gasteiger partial charge in [0.2, 0.25) is 0 Å². The third kappa shape index (κ3) is 3.68. The largest absolute Gasteiger partial charge is 0.393 e. The summed E-state index contributed by atoms with van der Waals surface area (Å²) in [5.41, 5.74) is 0. The van der Waals surface area contributed by atoms with Crippen LogP contribution in [0.4, 0.5) is 0 Å². The van der Waals surface area contributed by atoms with Crippen LogP contribution in [0, 0.1) is 17.8 Å². The first-order valence-electron chi connectivity index (χ1n) is 8.31. The molecule has 0 unspecified atom stereocenters. The number of hydrogen-bond acceptors (Lipinski definition) is 3. The fraction of sp³-hybridized carbons (Fsp3) is 1.00. The lowest BCUT2D eigenvalue weighted by molar-refractivity contribution is -0.00498. The highest BCUT2D eigenvalue weighted by Gasteiger charge is 2.35. The average Bonchev–Trinajstić information content (AvgIpc) is 2.96. The van der Waals surface area contributed by atoms with E-state index in [-0.39, 0.29) is 6.10 Å². The Hall–Kier alpha value is 0.270. The van der Waals surface area contributed by atoms with Gasteiger partial charge in [-0.25, -0.2) is 0 Å². The van der Waals surface area contributed by atoms with Gasteiger partial charge in [-0.15, -0.1) is 0 Å². The molecule has 19 heavy (non-hydrogen) atoms. The Morgan fingerprint density at radius 1 is 1.00 bits per heavy atom. The quantitative estimate of drug-likeness (QED) is 0.861. The first-order chi connectivity index (χ1) is 9.33. The van der Waals surface area contributed by atoms with Gasteiger partial charge >= 0.3 is 0 Å². The van der Waals surface area contributed by atoms with Gasteiger partial charge in [0.05, 0.1) is 6.10 Å². The molecule has 1 N–H and O–H groups in total. The van der Waals surface area contributed by atoms with Gasteiger partial charge in [0, 0.05) is 25.6 Å². The Balaban J connectivity index is 1.52. The highest BCUT2D eigenvalue weighted by molar-refractivity contribution is 7.99. The lowest BCUT2D eigenvalue weighted by atomic mass is 9.82. The van der Waals surface area contributed by atoms with Gasteiger partial charge in [0.25, 0.3) is 0 Å². The third-order valence-electron chi connectivity index (χ3n) is 5.57. The van der Waals surface area contributed by atoms with Gasteiger partial charge in [-0.05, 0) is 42.6 Å². The van der Waals surface area contributed by atoms with Crippen molar-refractivity contribution < 1.29 is 5.11 Å². The summed E-state index contributed by atoms with van der Waals surface area (Å²) in [4.78, 5) is 2.68. The molecular formula is C16H29NOS. The van der Waals surface area contributed by atoms with Crippen LogP contribution < -0.4 is 0 Å². The van der Waals surface area contributed by atoms with E-state index in [1.807, 2.05) is 0 Å². The van der Waals surface area contributed by atoms with Crippen LogP contribution in [0.5, 0.6) is 0 Å². The van der Waals surface area contributed by atoms with E-state index in [0.29, 0.717) is 5.92 Å². The van der Waals surface area contributed by atoms with Crippen molar-refractivity contribution in [3.8, 4) is 0 Å². The van der Waals surface area contributed by atoms with Gasteiger partial charge < -0.3 is 10.0 Å². The fourth-order valence-electron chi connectivity index (χ4n) is 4.35. The molecule has 0 aromatic rings. The molecule has 2 atom stereocenters. The second-order valence-electron chi connectivity index (χ2n) is 6.88. The van der Waals surface area contributed by atoms with Crippen molar-refractivity contribution in [1.82, 2.24) is 4.90 Å². The summed E-state index contributed by atoms with van der Waals surface area (Å²) in [5, 5.41) is 10.3. The van der Waals surface area contributed by atoms with Crippen molar-refractivity contribution >= 4 is 11.8 Å². The van der Waals surface area contributed by atoms with Crippen molar-refractivity contribution in [1.29, 1.82) is 0 Å². The molecule has 2 aliphatic heterocycles. The number of likely N-dealkylation sites (tertiary alicyclic amines) is 1. The second-order valence-corrected chi connectivity index (χ2v) is 8.10. The Bertz CT molecular complexity index is 274. The third-order valence-corrected chi connectivity index (χ3v) is 6.62. The first kappa shape index (κ1) is 14.2. The molecule has 3 aliphatic rings. The van der Waals surface area contributed by atoms with Gasteiger partial charge in [0.15, 0.2) is 0 Å². The summed E-state index contributed by atoms with van der Waals surface area (Å²) in [6.45, 7) is 3.61. The topological polar surface area (TPSA) is 23.5 Å². The predicted molar refractivity (Wildman–Crippen MR) is 82.6 cm³/mol. The molecule has 0 aromatic heterocycles. The van der Waals surface area contributed by atoms with Crippen molar-refractivity contribution in [2.45, 2.75) is 51.0 Å². The lowest BCUT2D eigenvalue weighted by Crippen LogP contribution is -2.47. The number of aliphatic hydroxyl groups excluding tert-OH is 1. The Labute approximate surface area is 122 Å². The summed E-state index contributed by atoms with van der Waals surface area (Å²) in [6, 6.07) is 0. The summed E-state index contributed by atoms with van der Waals surface area (Å²) in [6.07, 6.45) is 9.37. The average molecular weight is 283 g/mol. The Morgan fingerprint density at radius 3 is 2.47 bits per heavy atom. The zero-order chi connectivity index (χ0) is 13.1. The molecule has 0 spiro atoms. The molecule has 3 heteroatoms. The van der Waals surface area contributed by atoms with E-state index in [0.717, 1.165) is 24.8 Å². The summed E-state index contributed by atoms with van der Waals surface area (Å²) in [5.74, 6) is 5.06. The number of piperidine rings is 1. The van der Waals surface area contributed by atoms with Crippen LogP contribution in [0.15, 0.2) is 0 Å². The van der Waals surface area contributed by atoms with E-state index < -0.39 is 0 Å². The Morgan fingerprint density at radius 2 is 1.74 bits per heavy atom. The highest BCUT2D eigenvalue weighted by Crippen LogP contribution is 2.36. The smallest absolute Gasteiger partial charge is 0.0595 e. The molecule has 1 aliphatic carbocycles.